The molecule has 3 rings (SSSR count). The van der Waals surface area contributed by atoms with E-state index in [1.165, 1.54) is 24.1 Å². The van der Waals surface area contributed by atoms with Gasteiger partial charge in [0.2, 0.25) is 11.8 Å². The van der Waals surface area contributed by atoms with Gasteiger partial charge >= 0.3 is 0 Å². The van der Waals surface area contributed by atoms with Crippen LogP contribution in [0.15, 0.2) is 77.7 Å². The number of anilines is 1. The minimum absolute atomic E-state index is 0.00648. The number of nitrogens with one attached hydrogen (secondary N) is 1. The number of carbonyl (C=O) groups excluding carboxylic acids is 2. The first-order valence-corrected chi connectivity index (χ1v) is 15.3. The van der Waals surface area contributed by atoms with Gasteiger partial charge in [-0.15, -0.1) is 0 Å². The number of benzene rings is 3. The minimum atomic E-state index is -4.19. The predicted molar refractivity (Wildman–Crippen MR) is 163 cm³/mol. The third kappa shape index (κ3) is 8.47. The van der Waals surface area contributed by atoms with E-state index in [0.29, 0.717) is 23.7 Å². The lowest BCUT2D eigenvalue weighted by Gasteiger charge is -2.33. The van der Waals surface area contributed by atoms with Gasteiger partial charge < -0.3 is 15.0 Å². The van der Waals surface area contributed by atoms with Gasteiger partial charge in [0.05, 0.1) is 17.7 Å². The molecule has 0 fully saturated rings. The van der Waals surface area contributed by atoms with E-state index >= 15 is 0 Å². The molecular formula is C31H38ClN3O5S. The van der Waals surface area contributed by atoms with Crippen molar-refractivity contribution in [2.45, 2.75) is 51.6 Å². The molecule has 220 valence electrons. The molecular weight excluding hydrogens is 562 g/mol. The smallest absolute Gasteiger partial charge is 0.264 e. The van der Waals surface area contributed by atoms with Gasteiger partial charge in [-0.05, 0) is 73.4 Å². The number of ether oxygens (including phenoxy) is 1. The van der Waals surface area contributed by atoms with E-state index < -0.39 is 28.5 Å². The lowest BCUT2D eigenvalue weighted by molar-refractivity contribution is -0.140. The zero-order valence-corrected chi connectivity index (χ0v) is 25.7. The lowest BCUT2D eigenvalue weighted by Crippen LogP contribution is -2.52. The molecule has 41 heavy (non-hydrogen) atoms. The molecule has 3 aromatic rings. The van der Waals surface area contributed by atoms with E-state index in [9.17, 15) is 18.0 Å². The number of aryl methyl sites for hydroxylation is 1. The van der Waals surface area contributed by atoms with Crippen molar-refractivity contribution in [3.05, 3.63) is 88.9 Å². The highest BCUT2D eigenvalue weighted by atomic mass is 35.5. The molecule has 0 saturated carbocycles. The van der Waals surface area contributed by atoms with Gasteiger partial charge in [0.15, 0.2) is 0 Å². The molecule has 0 aliphatic carbocycles. The fourth-order valence-corrected chi connectivity index (χ4v) is 5.90. The fraction of sp³-hybridized carbons (Fsp3) is 0.355. The molecule has 0 saturated heterocycles. The summed E-state index contributed by atoms with van der Waals surface area (Å²) >= 11 is 6.09. The first kappa shape index (κ1) is 32.0. The summed E-state index contributed by atoms with van der Waals surface area (Å²) in [5.41, 5.74) is 2.12. The summed E-state index contributed by atoms with van der Waals surface area (Å²) in [6, 6.07) is 19.1. The predicted octanol–water partition coefficient (Wildman–Crippen LogP) is 5.43. The number of sulfonamides is 1. The van der Waals surface area contributed by atoms with Crippen LogP contribution in [0.1, 0.15) is 38.3 Å². The number of carbonyl (C=O) groups is 2. The number of amides is 2. The van der Waals surface area contributed by atoms with Crippen LogP contribution in [0.25, 0.3) is 0 Å². The lowest BCUT2D eigenvalue weighted by atomic mass is 10.1. The van der Waals surface area contributed by atoms with Crippen molar-refractivity contribution in [2.24, 2.45) is 5.92 Å². The zero-order valence-electron chi connectivity index (χ0n) is 24.1. The molecule has 3 aromatic carbocycles. The largest absolute Gasteiger partial charge is 0.497 e. The highest BCUT2D eigenvalue weighted by Gasteiger charge is 2.33. The van der Waals surface area contributed by atoms with Crippen molar-refractivity contribution in [3.8, 4) is 5.75 Å². The Kier molecular flexibility index (Phi) is 11.2. The quantitative estimate of drug-likeness (QED) is 0.283. The van der Waals surface area contributed by atoms with Crippen LogP contribution in [0.4, 0.5) is 5.69 Å². The van der Waals surface area contributed by atoms with Crippen molar-refractivity contribution in [1.82, 2.24) is 10.2 Å². The Morgan fingerprint density at radius 1 is 1.00 bits per heavy atom. The molecule has 8 nitrogen and oxygen atoms in total. The number of methoxy groups -OCH3 is 1. The molecule has 0 spiro atoms. The fourth-order valence-electron chi connectivity index (χ4n) is 4.36. The van der Waals surface area contributed by atoms with Crippen LogP contribution < -0.4 is 14.4 Å². The summed E-state index contributed by atoms with van der Waals surface area (Å²) in [7, 11) is -2.70. The molecule has 1 atom stereocenters. The number of nitrogens with zero attached hydrogens (tertiary/aromatic N) is 2. The SMILES string of the molecule is CC[C@H](C(=O)NCC(C)C)N(Cc1cccc(C)c1)C(=O)CN(c1ccc(Cl)cc1)S(=O)(=O)c1ccc(OC)cc1. The Morgan fingerprint density at radius 3 is 2.22 bits per heavy atom. The normalized spacial score (nSPS) is 12.1. The van der Waals surface area contributed by atoms with Crippen molar-refractivity contribution in [3.63, 3.8) is 0 Å². The van der Waals surface area contributed by atoms with Gasteiger partial charge in [-0.3, -0.25) is 13.9 Å². The Labute approximate surface area is 248 Å². The molecule has 2 amide bonds. The van der Waals surface area contributed by atoms with Gasteiger partial charge in [0.25, 0.3) is 10.0 Å². The third-order valence-electron chi connectivity index (χ3n) is 6.55. The molecule has 10 heteroatoms. The average molecular weight is 600 g/mol. The summed E-state index contributed by atoms with van der Waals surface area (Å²) in [6.45, 7) is 7.86. The summed E-state index contributed by atoms with van der Waals surface area (Å²) in [6.07, 6.45) is 0.355. The Bertz CT molecular complexity index is 1430. The maximum Gasteiger partial charge on any atom is 0.264 e. The highest BCUT2D eigenvalue weighted by molar-refractivity contribution is 7.92. The maximum atomic E-state index is 14.1. The van der Waals surface area contributed by atoms with Gasteiger partial charge in [-0.2, -0.15) is 0 Å². The standard InChI is InChI=1S/C31H38ClN3O5S/c1-6-29(31(37)33-19-22(2)3)34(20-24-9-7-8-23(4)18-24)30(36)21-35(26-12-10-25(32)11-13-26)41(38,39)28-16-14-27(40-5)15-17-28/h7-18,22,29H,6,19-21H2,1-5H3,(H,33,37)/t29-/m1/s1. The van der Waals surface area contributed by atoms with Crippen molar-refractivity contribution in [1.29, 1.82) is 0 Å². The molecule has 0 bridgehead atoms. The van der Waals surface area contributed by atoms with E-state index in [4.69, 9.17) is 16.3 Å². The van der Waals surface area contributed by atoms with Crippen LogP contribution in [-0.2, 0) is 26.2 Å². The maximum absolute atomic E-state index is 14.1. The molecule has 0 unspecified atom stereocenters. The summed E-state index contributed by atoms with van der Waals surface area (Å²) < 4.78 is 34.1. The molecule has 0 radical (unpaired) electrons. The van der Waals surface area contributed by atoms with E-state index in [2.05, 4.69) is 5.32 Å². The van der Waals surface area contributed by atoms with Crippen molar-refractivity contribution >= 4 is 39.1 Å². The first-order valence-electron chi connectivity index (χ1n) is 13.5. The number of hydrogen-bond donors (Lipinski definition) is 1. The zero-order chi connectivity index (χ0) is 30.2. The second-order valence-corrected chi connectivity index (χ2v) is 12.5. The van der Waals surface area contributed by atoms with E-state index in [0.717, 1.165) is 15.4 Å². The summed E-state index contributed by atoms with van der Waals surface area (Å²) in [4.78, 5) is 28.9. The number of rotatable bonds is 13. The third-order valence-corrected chi connectivity index (χ3v) is 8.59. The average Bonchev–Trinajstić information content (AvgIpc) is 2.95. The molecule has 0 aliphatic rings. The van der Waals surface area contributed by atoms with E-state index in [1.54, 1.807) is 36.4 Å². The molecule has 0 aliphatic heterocycles. The van der Waals surface area contributed by atoms with Crippen LogP contribution in [0, 0.1) is 12.8 Å². The molecule has 0 aromatic heterocycles. The Hall–Kier alpha value is -3.56. The van der Waals surface area contributed by atoms with Crippen LogP contribution >= 0.6 is 11.6 Å². The second kappa shape index (κ2) is 14.4. The van der Waals surface area contributed by atoms with Gasteiger partial charge in [0, 0.05) is 18.1 Å². The summed E-state index contributed by atoms with van der Waals surface area (Å²) in [5.74, 6) is -0.0589. The van der Waals surface area contributed by atoms with Crippen LogP contribution in [-0.4, -0.2) is 51.4 Å². The van der Waals surface area contributed by atoms with Crippen molar-refractivity contribution < 1.29 is 22.7 Å². The van der Waals surface area contributed by atoms with Gasteiger partial charge in [-0.25, -0.2) is 8.42 Å². The first-order chi connectivity index (χ1) is 19.5. The Balaban J connectivity index is 2.04. The van der Waals surface area contributed by atoms with E-state index in [1.807, 2.05) is 52.0 Å². The number of hydrogen-bond acceptors (Lipinski definition) is 5. The van der Waals surface area contributed by atoms with Crippen LogP contribution in [0.2, 0.25) is 5.02 Å². The minimum Gasteiger partial charge on any atom is -0.497 e. The molecule has 1 N–H and O–H groups in total. The second-order valence-electron chi connectivity index (χ2n) is 10.2. The number of halogens is 1. The van der Waals surface area contributed by atoms with E-state index in [-0.39, 0.29) is 29.0 Å². The summed E-state index contributed by atoms with van der Waals surface area (Å²) in [5, 5.41) is 3.36. The van der Waals surface area contributed by atoms with Gasteiger partial charge in [-0.1, -0.05) is 62.2 Å². The van der Waals surface area contributed by atoms with Crippen LogP contribution in [0.3, 0.4) is 0 Å². The van der Waals surface area contributed by atoms with Crippen molar-refractivity contribution in [2.75, 3.05) is 24.5 Å². The topological polar surface area (TPSA) is 96.0 Å². The monoisotopic (exact) mass is 599 g/mol. The van der Waals surface area contributed by atoms with Gasteiger partial charge in [0.1, 0.15) is 18.3 Å². The van der Waals surface area contributed by atoms with Crippen LogP contribution in [0.5, 0.6) is 5.75 Å². The Morgan fingerprint density at radius 2 is 1.66 bits per heavy atom. The molecule has 0 heterocycles. The highest BCUT2D eigenvalue weighted by Crippen LogP contribution is 2.27.